The molecule has 3 saturated heterocycles. The van der Waals surface area contributed by atoms with E-state index in [0.29, 0.717) is 0 Å². The molecular weight excluding hydrogens is 472 g/mol. The number of hydrogen-bond donors (Lipinski definition) is 10. The van der Waals surface area contributed by atoms with Crippen molar-refractivity contribution < 1.29 is 79.5 Å². The number of aliphatic carboxylic acids is 1. The zero-order chi connectivity index (χ0) is 25.5. The molecule has 34 heavy (non-hydrogen) atoms. The van der Waals surface area contributed by atoms with Crippen molar-refractivity contribution in [3.8, 4) is 0 Å². The molecule has 3 aliphatic rings. The molecular formula is C18H30O16. The molecule has 0 radical (unpaired) electrons. The van der Waals surface area contributed by atoms with Crippen molar-refractivity contribution in [2.24, 2.45) is 0 Å². The van der Waals surface area contributed by atoms with Crippen LogP contribution >= 0.6 is 0 Å². The third-order valence-corrected chi connectivity index (χ3v) is 6.02. The van der Waals surface area contributed by atoms with E-state index in [0.717, 1.165) is 0 Å². The monoisotopic (exact) mass is 502 g/mol. The molecule has 198 valence electrons. The highest BCUT2D eigenvalue weighted by molar-refractivity contribution is 5.73. The molecule has 0 spiro atoms. The molecule has 0 bridgehead atoms. The summed E-state index contributed by atoms with van der Waals surface area (Å²) in [5.74, 6) is -1.69. The van der Waals surface area contributed by atoms with Gasteiger partial charge in [-0.3, -0.25) is 0 Å². The van der Waals surface area contributed by atoms with Crippen LogP contribution < -0.4 is 0 Å². The van der Waals surface area contributed by atoms with Crippen molar-refractivity contribution in [3.63, 3.8) is 0 Å². The van der Waals surface area contributed by atoms with E-state index in [1.807, 2.05) is 0 Å². The highest BCUT2D eigenvalue weighted by atomic mass is 16.8. The number of carboxylic acid groups (broad SMARTS) is 1. The first kappa shape index (κ1) is 27.5. The summed E-state index contributed by atoms with van der Waals surface area (Å²) in [5, 5.41) is 99.7. The summed E-state index contributed by atoms with van der Waals surface area (Å²) < 4.78 is 26.2. The minimum atomic E-state index is -2.13. The lowest BCUT2D eigenvalue weighted by Crippen LogP contribution is -2.67. The van der Waals surface area contributed by atoms with E-state index in [1.165, 1.54) is 6.92 Å². The van der Waals surface area contributed by atoms with Crippen molar-refractivity contribution in [1.82, 2.24) is 0 Å². The number of aliphatic hydroxyl groups is 9. The molecule has 3 aliphatic heterocycles. The third-order valence-electron chi connectivity index (χ3n) is 6.02. The minimum Gasteiger partial charge on any atom is -0.479 e. The van der Waals surface area contributed by atoms with Crippen LogP contribution in [0.4, 0.5) is 0 Å². The molecule has 0 saturated carbocycles. The maximum absolute atomic E-state index is 11.5. The van der Waals surface area contributed by atoms with E-state index in [1.54, 1.807) is 0 Å². The molecule has 10 N–H and O–H groups in total. The maximum Gasteiger partial charge on any atom is 0.335 e. The Kier molecular flexibility index (Phi) is 8.81. The summed E-state index contributed by atoms with van der Waals surface area (Å²) in [6, 6.07) is 0. The highest BCUT2D eigenvalue weighted by Crippen LogP contribution is 2.32. The van der Waals surface area contributed by atoms with Crippen LogP contribution in [0, 0.1) is 0 Å². The van der Waals surface area contributed by atoms with Crippen LogP contribution in [0.15, 0.2) is 0 Å². The van der Waals surface area contributed by atoms with Crippen molar-refractivity contribution in [2.45, 2.75) is 99.0 Å². The fourth-order valence-corrected chi connectivity index (χ4v) is 3.96. The molecule has 0 aromatic rings. The Labute approximate surface area is 192 Å². The minimum absolute atomic E-state index is 0.793. The summed E-state index contributed by atoms with van der Waals surface area (Å²) in [5.41, 5.74) is 0. The van der Waals surface area contributed by atoms with Gasteiger partial charge in [-0.05, 0) is 6.92 Å². The Bertz CT molecular complexity index is 693. The number of carboxylic acids is 1. The number of ether oxygens (including phenoxy) is 5. The fraction of sp³-hybridized carbons (Fsp3) is 0.944. The number of carbonyl (C=O) groups is 1. The quantitative estimate of drug-likeness (QED) is 0.162. The van der Waals surface area contributed by atoms with Gasteiger partial charge in [0.15, 0.2) is 25.0 Å². The molecule has 0 aromatic carbocycles. The second kappa shape index (κ2) is 10.9. The lowest BCUT2D eigenvalue weighted by Gasteiger charge is -2.47. The summed E-state index contributed by atoms with van der Waals surface area (Å²) in [7, 11) is 0. The molecule has 3 fully saturated rings. The Balaban J connectivity index is 1.85. The van der Waals surface area contributed by atoms with Crippen LogP contribution in [0.3, 0.4) is 0 Å². The van der Waals surface area contributed by atoms with Crippen molar-refractivity contribution in [1.29, 1.82) is 0 Å². The largest absolute Gasteiger partial charge is 0.479 e. The first-order valence-corrected chi connectivity index (χ1v) is 10.4. The number of rotatable bonds is 6. The SMILES string of the molecule is C[C@@H]1O[C@@H](O[C@H]2[C@H](O)[C@@H](C(=O)O)OC(O)[C@@H]2O[C@@H]2O[C@H](CO)[C@@H](O)[C@H](O)[C@H]2O)[C@H](O)[C@H](O)[C@H]1O. The highest BCUT2D eigenvalue weighted by Gasteiger charge is 2.55. The standard InChI is InChI=1S/C18H30O16/c1-3-5(20)7(22)9(24)17(30-3)33-12-11(26)13(15(27)28)32-16(29)14(12)34-18-10(25)8(23)6(21)4(2-19)31-18/h3-14,16-26,29H,2H2,1H3,(H,27,28)/t3-,4+,5-,6+,7+,8-,9+,10+,11-,12-,13-,14+,16?,17-,18-/m0/s1. The van der Waals surface area contributed by atoms with E-state index < -0.39 is 105 Å². The van der Waals surface area contributed by atoms with Crippen molar-refractivity contribution in [2.75, 3.05) is 6.61 Å². The second-order valence-corrected chi connectivity index (χ2v) is 8.36. The maximum atomic E-state index is 11.5. The molecule has 1 unspecified atom stereocenters. The zero-order valence-corrected chi connectivity index (χ0v) is 17.8. The Hall–Kier alpha value is -1.09. The second-order valence-electron chi connectivity index (χ2n) is 8.36. The summed E-state index contributed by atoms with van der Waals surface area (Å²) in [6.45, 7) is 0.547. The van der Waals surface area contributed by atoms with Crippen LogP contribution in [-0.4, -0.2) is 156 Å². The Morgan fingerprint density at radius 3 is 1.79 bits per heavy atom. The average Bonchev–Trinajstić information content (AvgIpc) is 2.79. The number of hydrogen-bond acceptors (Lipinski definition) is 15. The van der Waals surface area contributed by atoms with E-state index in [2.05, 4.69) is 0 Å². The summed E-state index contributed by atoms with van der Waals surface area (Å²) in [6.07, 6.45) is -26.6. The van der Waals surface area contributed by atoms with E-state index in [-0.39, 0.29) is 0 Å². The van der Waals surface area contributed by atoms with Crippen LogP contribution in [0.5, 0.6) is 0 Å². The van der Waals surface area contributed by atoms with Crippen LogP contribution in [0.25, 0.3) is 0 Å². The van der Waals surface area contributed by atoms with Crippen LogP contribution in [0.1, 0.15) is 6.92 Å². The van der Waals surface area contributed by atoms with Gasteiger partial charge in [-0.1, -0.05) is 0 Å². The topological polar surface area (TPSA) is 266 Å². The van der Waals surface area contributed by atoms with Gasteiger partial charge in [-0.2, -0.15) is 0 Å². The first-order chi connectivity index (χ1) is 15.9. The van der Waals surface area contributed by atoms with Gasteiger partial charge in [0.25, 0.3) is 0 Å². The number of aliphatic hydroxyl groups excluding tert-OH is 9. The van der Waals surface area contributed by atoms with Crippen LogP contribution in [0.2, 0.25) is 0 Å². The Morgan fingerprint density at radius 2 is 1.24 bits per heavy atom. The molecule has 3 rings (SSSR count). The van der Waals surface area contributed by atoms with Gasteiger partial charge >= 0.3 is 5.97 Å². The van der Waals surface area contributed by atoms with Gasteiger partial charge in [0.05, 0.1) is 12.7 Å². The molecule has 0 aromatic heterocycles. The van der Waals surface area contributed by atoms with Crippen LogP contribution in [-0.2, 0) is 28.5 Å². The first-order valence-electron chi connectivity index (χ1n) is 10.4. The summed E-state index contributed by atoms with van der Waals surface area (Å²) in [4.78, 5) is 11.5. The third kappa shape index (κ3) is 5.20. The lowest BCUT2D eigenvalue weighted by molar-refractivity contribution is -0.383. The normalized spacial score (nSPS) is 52.4. The van der Waals surface area contributed by atoms with Gasteiger partial charge < -0.3 is 74.7 Å². The van der Waals surface area contributed by atoms with E-state index in [9.17, 15) is 55.9 Å². The average molecular weight is 502 g/mol. The molecule has 0 amide bonds. The van der Waals surface area contributed by atoms with Gasteiger partial charge in [-0.15, -0.1) is 0 Å². The predicted molar refractivity (Wildman–Crippen MR) is 100 cm³/mol. The summed E-state index contributed by atoms with van der Waals surface area (Å²) >= 11 is 0. The molecule has 0 aliphatic carbocycles. The van der Waals surface area contributed by atoms with E-state index in [4.69, 9.17) is 23.7 Å². The van der Waals surface area contributed by atoms with Gasteiger partial charge in [0.1, 0.15) is 61.0 Å². The molecule has 16 nitrogen and oxygen atoms in total. The predicted octanol–water partition coefficient (Wildman–Crippen LogP) is -6.45. The zero-order valence-electron chi connectivity index (χ0n) is 17.8. The van der Waals surface area contributed by atoms with Crippen molar-refractivity contribution in [3.05, 3.63) is 0 Å². The Morgan fingerprint density at radius 1 is 0.706 bits per heavy atom. The lowest BCUT2D eigenvalue weighted by atomic mass is 9.96. The molecule has 15 atom stereocenters. The van der Waals surface area contributed by atoms with Gasteiger partial charge in [0, 0.05) is 0 Å². The fourth-order valence-electron chi connectivity index (χ4n) is 3.96. The van der Waals surface area contributed by atoms with Gasteiger partial charge in [-0.25, -0.2) is 4.79 Å². The van der Waals surface area contributed by atoms with Gasteiger partial charge in [0.2, 0.25) is 0 Å². The van der Waals surface area contributed by atoms with Crippen molar-refractivity contribution >= 4 is 5.97 Å². The molecule has 16 heteroatoms. The smallest absolute Gasteiger partial charge is 0.335 e. The molecule has 3 heterocycles. The van der Waals surface area contributed by atoms with E-state index >= 15 is 0 Å².